The normalized spacial score (nSPS) is 10.9. The Bertz CT molecular complexity index is 686. The van der Waals surface area contributed by atoms with Gasteiger partial charge in [-0.3, -0.25) is 4.98 Å². The van der Waals surface area contributed by atoms with Crippen LogP contribution in [0.2, 0.25) is 0 Å². The largest absolute Gasteiger partial charge is 0.253 e. The highest BCUT2D eigenvalue weighted by Gasteiger charge is 2.04. The number of thiazole rings is 1. The number of pyridine rings is 1. The van der Waals surface area contributed by atoms with Crippen molar-refractivity contribution in [2.75, 3.05) is 0 Å². The van der Waals surface area contributed by atoms with Gasteiger partial charge >= 0.3 is 0 Å². The van der Waals surface area contributed by atoms with Crippen LogP contribution in [0.4, 0.5) is 0 Å². The molecule has 3 aromatic rings. The van der Waals surface area contributed by atoms with Gasteiger partial charge in [-0.1, -0.05) is 18.2 Å². The van der Waals surface area contributed by atoms with Gasteiger partial charge in [0.05, 0.1) is 5.52 Å². The fourth-order valence-corrected chi connectivity index (χ4v) is 2.63. The average Bonchev–Trinajstić information content (AvgIpc) is 2.75. The Morgan fingerprint density at radius 1 is 0.941 bits per heavy atom. The van der Waals surface area contributed by atoms with Gasteiger partial charge in [0.15, 0.2) is 0 Å². The molecule has 0 spiro atoms. The summed E-state index contributed by atoms with van der Waals surface area (Å²) in [7, 11) is 0. The minimum Gasteiger partial charge on any atom is -0.253 e. The molecule has 0 N–H and O–H groups in total. The Morgan fingerprint density at radius 2 is 1.76 bits per heavy atom. The molecule has 84 valence electrons. The molecule has 0 atom stereocenters. The summed E-state index contributed by atoms with van der Waals surface area (Å²) in [6.45, 7) is 4.03. The summed E-state index contributed by atoms with van der Waals surface area (Å²) in [6, 6.07) is 10.5. The van der Waals surface area contributed by atoms with Crippen molar-refractivity contribution in [3.05, 3.63) is 47.1 Å². The molecule has 17 heavy (non-hydrogen) atoms. The number of aryl methyl sites for hydroxylation is 2. The lowest BCUT2D eigenvalue weighted by Gasteiger charge is -2.01. The van der Waals surface area contributed by atoms with E-state index in [1.165, 1.54) is 5.39 Å². The van der Waals surface area contributed by atoms with Crippen LogP contribution >= 0.6 is 11.3 Å². The molecular formula is C14H12N2S. The van der Waals surface area contributed by atoms with Gasteiger partial charge in [-0.2, -0.15) is 0 Å². The molecule has 3 rings (SSSR count). The number of fused-ring (bicyclic) bond motifs is 1. The first-order valence-electron chi connectivity index (χ1n) is 5.52. The number of hydrogen-bond donors (Lipinski definition) is 0. The summed E-state index contributed by atoms with van der Waals surface area (Å²) in [5.74, 6) is 0. The molecule has 0 aliphatic heterocycles. The quantitative estimate of drug-likeness (QED) is 0.643. The zero-order chi connectivity index (χ0) is 11.8. The molecule has 0 aliphatic carbocycles. The van der Waals surface area contributed by atoms with Gasteiger partial charge in [0.2, 0.25) is 0 Å². The summed E-state index contributed by atoms with van der Waals surface area (Å²) in [4.78, 5) is 9.05. The van der Waals surface area contributed by atoms with Crippen LogP contribution in [0, 0.1) is 13.8 Å². The fourth-order valence-electron chi connectivity index (χ4n) is 1.84. The number of hydrogen-bond acceptors (Lipinski definition) is 3. The lowest BCUT2D eigenvalue weighted by molar-refractivity contribution is 1.25. The molecule has 0 unspecified atom stereocenters. The van der Waals surface area contributed by atoms with Crippen molar-refractivity contribution < 1.29 is 0 Å². The third-order valence-corrected chi connectivity index (χ3v) is 3.71. The van der Waals surface area contributed by atoms with E-state index in [-0.39, 0.29) is 0 Å². The van der Waals surface area contributed by atoms with E-state index in [2.05, 4.69) is 39.6 Å². The van der Waals surface area contributed by atoms with E-state index in [4.69, 9.17) is 0 Å². The van der Waals surface area contributed by atoms with Crippen molar-refractivity contribution in [2.45, 2.75) is 13.8 Å². The monoisotopic (exact) mass is 240 g/mol. The average molecular weight is 240 g/mol. The first-order chi connectivity index (χ1) is 8.22. The van der Waals surface area contributed by atoms with Crippen molar-refractivity contribution in [1.82, 2.24) is 9.97 Å². The van der Waals surface area contributed by atoms with Crippen LogP contribution in [0.3, 0.4) is 0 Å². The van der Waals surface area contributed by atoms with E-state index in [1.807, 2.05) is 19.9 Å². The Hall–Kier alpha value is -1.74. The van der Waals surface area contributed by atoms with E-state index in [9.17, 15) is 0 Å². The summed E-state index contributed by atoms with van der Waals surface area (Å²) < 4.78 is 0. The van der Waals surface area contributed by atoms with Crippen LogP contribution in [0.25, 0.3) is 21.5 Å². The van der Waals surface area contributed by atoms with Gasteiger partial charge in [0.1, 0.15) is 5.01 Å². The first kappa shape index (κ1) is 10.4. The van der Waals surface area contributed by atoms with E-state index in [0.717, 1.165) is 27.5 Å². The molecule has 0 bridgehead atoms. The number of benzene rings is 1. The van der Waals surface area contributed by atoms with E-state index in [1.54, 1.807) is 11.3 Å². The second-order valence-corrected chi connectivity index (χ2v) is 5.01. The molecule has 0 radical (unpaired) electrons. The zero-order valence-electron chi connectivity index (χ0n) is 9.77. The van der Waals surface area contributed by atoms with Crippen molar-refractivity contribution >= 4 is 22.2 Å². The zero-order valence-corrected chi connectivity index (χ0v) is 10.6. The van der Waals surface area contributed by atoms with Gasteiger partial charge in [0.25, 0.3) is 0 Å². The number of nitrogens with zero attached hydrogens (tertiary/aromatic N) is 2. The van der Waals surface area contributed by atoms with Crippen LogP contribution in [0.5, 0.6) is 0 Å². The predicted octanol–water partition coefficient (Wildman–Crippen LogP) is 3.98. The molecule has 2 aromatic heterocycles. The SMILES string of the molecule is Cc1csc(-c2ccc3ccc(C)nc3c2)n1. The maximum Gasteiger partial charge on any atom is 0.123 e. The van der Waals surface area contributed by atoms with E-state index in [0.29, 0.717) is 0 Å². The van der Waals surface area contributed by atoms with Crippen molar-refractivity contribution in [2.24, 2.45) is 0 Å². The van der Waals surface area contributed by atoms with Crippen LogP contribution in [0.1, 0.15) is 11.4 Å². The Labute approximate surface area is 104 Å². The van der Waals surface area contributed by atoms with Gasteiger partial charge in [0, 0.05) is 27.7 Å². The van der Waals surface area contributed by atoms with Crippen molar-refractivity contribution in [3.8, 4) is 10.6 Å². The lowest BCUT2D eigenvalue weighted by atomic mass is 10.1. The van der Waals surface area contributed by atoms with E-state index < -0.39 is 0 Å². The molecule has 1 aromatic carbocycles. The predicted molar refractivity (Wildman–Crippen MR) is 72.3 cm³/mol. The molecule has 0 saturated carbocycles. The van der Waals surface area contributed by atoms with Crippen LogP contribution in [0.15, 0.2) is 35.7 Å². The molecule has 0 fully saturated rings. The fraction of sp³-hybridized carbons (Fsp3) is 0.143. The second-order valence-electron chi connectivity index (χ2n) is 4.15. The molecule has 2 heterocycles. The van der Waals surface area contributed by atoms with Gasteiger partial charge in [-0.25, -0.2) is 4.98 Å². The summed E-state index contributed by atoms with van der Waals surface area (Å²) in [5.41, 5.74) is 4.30. The number of aromatic nitrogens is 2. The van der Waals surface area contributed by atoms with Crippen molar-refractivity contribution in [3.63, 3.8) is 0 Å². The van der Waals surface area contributed by atoms with Crippen LogP contribution in [-0.2, 0) is 0 Å². The lowest BCUT2D eigenvalue weighted by Crippen LogP contribution is -1.84. The Kier molecular flexibility index (Phi) is 2.41. The molecule has 2 nitrogen and oxygen atoms in total. The molecule has 0 aliphatic rings. The molecule has 3 heteroatoms. The summed E-state index contributed by atoms with van der Waals surface area (Å²) >= 11 is 1.68. The Balaban J connectivity index is 2.18. The smallest absolute Gasteiger partial charge is 0.123 e. The molecular weight excluding hydrogens is 228 g/mol. The van der Waals surface area contributed by atoms with Crippen LogP contribution < -0.4 is 0 Å². The topological polar surface area (TPSA) is 25.8 Å². The third kappa shape index (κ3) is 1.94. The Morgan fingerprint density at radius 3 is 2.53 bits per heavy atom. The first-order valence-corrected chi connectivity index (χ1v) is 6.40. The maximum absolute atomic E-state index is 4.55. The highest BCUT2D eigenvalue weighted by molar-refractivity contribution is 7.13. The minimum absolute atomic E-state index is 1.04. The summed E-state index contributed by atoms with van der Waals surface area (Å²) in [5, 5.41) is 4.31. The van der Waals surface area contributed by atoms with Gasteiger partial charge in [-0.15, -0.1) is 11.3 Å². The molecule has 0 saturated heterocycles. The minimum atomic E-state index is 1.04. The van der Waals surface area contributed by atoms with Gasteiger partial charge < -0.3 is 0 Å². The second kappa shape index (κ2) is 3.93. The van der Waals surface area contributed by atoms with Gasteiger partial charge in [-0.05, 0) is 26.0 Å². The third-order valence-electron chi connectivity index (χ3n) is 2.70. The molecule has 0 amide bonds. The standard InChI is InChI=1S/C14H12N2S/c1-9-3-4-11-5-6-12(7-13(11)15-9)14-16-10(2)8-17-14/h3-8H,1-2H3. The highest BCUT2D eigenvalue weighted by Crippen LogP contribution is 2.26. The van der Waals surface area contributed by atoms with Crippen LogP contribution in [-0.4, -0.2) is 9.97 Å². The van der Waals surface area contributed by atoms with Crippen molar-refractivity contribution in [1.29, 1.82) is 0 Å². The van der Waals surface area contributed by atoms with E-state index >= 15 is 0 Å². The maximum atomic E-state index is 4.55. The highest BCUT2D eigenvalue weighted by atomic mass is 32.1. The summed E-state index contributed by atoms with van der Waals surface area (Å²) in [6.07, 6.45) is 0. The number of rotatable bonds is 1.